The molecule has 0 aromatic heterocycles. The van der Waals surface area contributed by atoms with Gasteiger partial charge in [-0.2, -0.15) is 0 Å². The van der Waals surface area contributed by atoms with Gasteiger partial charge in [0.2, 0.25) is 0 Å². The fourth-order valence-corrected chi connectivity index (χ4v) is 1.35. The molecule has 0 saturated heterocycles. The van der Waals surface area contributed by atoms with Crippen molar-refractivity contribution in [3.8, 4) is 0 Å². The third-order valence-corrected chi connectivity index (χ3v) is 2.30. The van der Waals surface area contributed by atoms with Gasteiger partial charge in [0.15, 0.2) is 0 Å². The fourth-order valence-electron chi connectivity index (χ4n) is 1.35. The first kappa shape index (κ1) is 18.1. The number of hydrogen-bond donors (Lipinski definition) is 1. The number of carbonyl (C=O) groups is 1. The van der Waals surface area contributed by atoms with Gasteiger partial charge in [0.05, 0.1) is 6.42 Å². The molecule has 4 heteroatoms. The minimum atomic E-state index is -0.692. The van der Waals surface area contributed by atoms with Crippen LogP contribution >= 0.6 is 0 Å². The van der Waals surface area contributed by atoms with Gasteiger partial charge in [0, 0.05) is 44.3 Å². The Hall–Kier alpha value is 0.690. The van der Waals surface area contributed by atoms with Crippen LogP contribution in [0, 0.1) is 0 Å². The summed E-state index contributed by atoms with van der Waals surface area (Å²) in [5, 5.41) is 8.59. The van der Waals surface area contributed by atoms with Crippen LogP contribution in [-0.2, 0) is 4.79 Å². The molecule has 0 aromatic rings. The van der Waals surface area contributed by atoms with Gasteiger partial charge < -0.3 is 10.0 Å². The summed E-state index contributed by atoms with van der Waals surface area (Å²) in [4.78, 5) is 12.7. The molecule has 0 amide bonds. The third-order valence-electron chi connectivity index (χ3n) is 2.30. The molecule has 0 aliphatic heterocycles. The van der Waals surface area contributed by atoms with Crippen molar-refractivity contribution in [1.29, 1.82) is 0 Å². The van der Waals surface area contributed by atoms with Crippen molar-refractivity contribution in [2.75, 3.05) is 19.6 Å². The molecule has 0 rings (SSSR count). The first-order chi connectivity index (χ1) is 6.70. The van der Waals surface area contributed by atoms with Crippen LogP contribution in [0.5, 0.6) is 0 Å². The largest absolute Gasteiger partial charge is 0.481 e. The van der Waals surface area contributed by atoms with Crippen LogP contribution in [0.4, 0.5) is 0 Å². The van der Waals surface area contributed by atoms with Gasteiger partial charge in [-0.3, -0.25) is 4.79 Å². The maximum Gasteiger partial charge on any atom is 0.304 e. The summed E-state index contributed by atoms with van der Waals surface area (Å²) < 4.78 is 0. The number of aliphatic carboxylic acids is 1. The maximum absolute atomic E-state index is 10.4. The Labute approximate surface area is 123 Å². The van der Waals surface area contributed by atoms with E-state index >= 15 is 0 Å². The zero-order valence-electron chi connectivity index (χ0n) is 10.2. The average molecular weight is 241 g/mol. The quantitative estimate of drug-likeness (QED) is 0.628. The van der Waals surface area contributed by atoms with Gasteiger partial charge in [0.1, 0.15) is 0 Å². The van der Waals surface area contributed by atoms with E-state index in [0.717, 1.165) is 13.1 Å². The van der Waals surface area contributed by atoms with E-state index in [1.54, 1.807) is 0 Å². The van der Waals surface area contributed by atoms with Crippen molar-refractivity contribution in [1.82, 2.24) is 4.90 Å². The number of carboxylic acids is 1. The van der Waals surface area contributed by atoms with Crippen molar-refractivity contribution in [3.05, 3.63) is 0 Å². The molecule has 0 heterocycles. The van der Waals surface area contributed by atoms with E-state index in [1.165, 1.54) is 25.7 Å². The molecule has 0 saturated carbocycles. The minimum Gasteiger partial charge on any atom is -0.481 e. The summed E-state index contributed by atoms with van der Waals surface area (Å²) in [7, 11) is 0. The number of unbranched alkanes of at least 4 members (excludes halogenated alkanes) is 2. The molecule has 0 bridgehead atoms. The standard InChI is InChI=1S/C11H23NO2.Ca/c1-3-5-8-12(9-6-4-2)10-7-11(13)14;/h3-10H2,1-2H3,(H,13,14);. The average Bonchev–Trinajstić information content (AvgIpc) is 2.16. The van der Waals surface area contributed by atoms with E-state index in [-0.39, 0.29) is 44.2 Å². The monoisotopic (exact) mass is 241 g/mol. The molecule has 0 spiro atoms. The molecule has 0 atom stereocenters. The second-order valence-electron chi connectivity index (χ2n) is 3.69. The molecular formula is C11H23CaNO2. The van der Waals surface area contributed by atoms with Gasteiger partial charge in [-0.1, -0.05) is 26.7 Å². The Kier molecular flexibility index (Phi) is 15.4. The number of nitrogens with zero attached hydrogens (tertiary/aromatic N) is 1. The van der Waals surface area contributed by atoms with E-state index < -0.39 is 5.97 Å². The van der Waals surface area contributed by atoms with Crippen molar-refractivity contribution in [2.45, 2.75) is 46.0 Å². The SMILES string of the molecule is CCCCN(CCCC)CCC(=O)O.[Ca]. The van der Waals surface area contributed by atoms with Gasteiger partial charge in [0.25, 0.3) is 0 Å². The Morgan fingerprint density at radius 2 is 1.53 bits per heavy atom. The molecule has 0 unspecified atom stereocenters. The van der Waals surface area contributed by atoms with Crippen molar-refractivity contribution >= 4 is 43.7 Å². The van der Waals surface area contributed by atoms with Gasteiger partial charge in [-0.15, -0.1) is 0 Å². The van der Waals surface area contributed by atoms with Crippen LogP contribution < -0.4 is 0 Å². The summed E-state index contributed by atoms with van der Waals surface area (Å²) in [6.45, 7) is 7.12. The fraction of sp³-hybridized carbons (Fsp3) is 0.909. The van der Waals surface area contributed by atoms with Crippen LogP contribution in [0.25, 0.3) is 0 Å². The second-order valence-corrected chi connectivity index (χ2v) is 3.69. The third kappa shape index (κ3) is 12.6. The molecule has 0 aliphatic rings. The first-order valence-electron chi connectivity index (χ1n) is 5.64. The molecule has 3 nitrogen and oxygen atoms in total. The zero-order valence-corrected chi connectivity index (χ0v) is 12.4. The summed E-state index contributed by atoms with van der Waals surface area (Å²) in [5.41, 5.74) is 0. The van der Waals surface area contributed by atoms with Crippen LogP contribution in [0.15, 0.2) is 0 Å². The van der Waals surface area contributed by atoms with Crippen LogP contribution in [0.1, 0.15) is 46.0 Å². The van der Waals surface area contributed by atoms with Crippen molar-refractivity contribution < 1.29 is 9.90 Å². The van der Waals surface area contributed by atoms with Crippen molar-refractivity contribution in [2.24, 2.45) is 0 Å². The topological polar surface area (TPSA) is 40.5 Å². The van der Waals surface area contributed by atoms with Crippen LogP contribution in [-0.4, -0.2) is 73.3 Å². The number of rotatable bonds is 9. The first-order valence-corrected chi connectivity index (χ1v) is 5.64. The number of carboxylic acid groups (broad SMARTS) is 1. The Morgan fingerprint density at radius 1 is 1.07 bits per heavy atom. The predicted molar refractivity (Wildman–Crippen MR) is 64.3 cm³/mol. The zero-order chi connectivity index (χ0) is 10.8. The molecule has 15 heavy (non-hydrogen) atoms. The van der Waals surface area contributed by atoms with E-state index in [0.29, 0.717) is 6.54 Å². The molecule has 86 valence electrons. The van der Waals surface area contributed by atoms with Gasteiger partial charge >= 0.3 is 5.97 Å². The summed E-state index contributed by atoms with van der Waals surface area (Å²) in [5.74, 6) is -0.692. The van der Waals surface area contributed by atoms with E-state index in [4.69, 9.17) is 5.11 Å². The van der Waals surface area contributed by atoms with E-state index in [2.05, 4.69) is 18.7 Å². The summed E-state index contributed by atoms with van der Waals surface area (Å²) >= 11 is 0. The van der Waals surface area contributed by atoms with E-state index in [1.807, 2.05) is 0 Å². The van der Waals surface area contributed by atoms with Gasteiger partial charge in [-0.05, 0) is 25.9 Å². The van der Waals surface area contributed by atoms with Crippen LogP contribution in [0.3, 0.4) is 0 Å². The molecule has 1 N–H and O–H groups in total. The second kappa shape index (κ2) is 12.8. The Morgan fingerprint density at radius 3 is 1.87 bits per heavy atom. The maximum atomic E-state index is 10.4. The molecular weight excluding hydrogens is 218 g/mol. The molecule has 2 radical (unpaired) electrons. The smallest absolute Gasteiger partial charge is 0.304 e. The normalized spacial score (nSPS) is 10.1. The minimum absolute atomic E-state index is 0. The Balaban J connectivity index is 0. The summed E-state index contributed by atoms with van der Waals surface area (Å²) in [6, 6.07) is 0. The van der Waals surface area contributed by atoms with Crippen molar-refractivity contribution in [3.63, 3.8) is 0 Å². The molecule has 0 aromatic carbocycles. The summed E-state index contributed by atoms with van der Waals surface area (Å²) in [6.07, 6.45) is 4.96. The van der Waals surface area contributed by atoms with Crippen LogP contribution in [0.2, 0.25) is 0 Å². The van der Waals surface area contributed by atoms with E-state index in [9.17, 15) is 4.79 Å². The Bertz CT molecular complexity index is 146. The van der Waals surface area contributed by atoms with Gasteiger partial charge in [-0.25, -0.2) is 0 Å². The number of hydrogen-bond acceptors (Lipinski definition) is 2. The molecule has 0 fully saturated rings. The predicted octanol–water partition coefficient (Wildman–Crippen LogP) is 1.98. The molecule has 0 aliphatic carbocycles.